The molecule has 1 N–H and O–H groups in total. The van der Waals surface area contributed by atoms with Crippen LogP contribution in [-0.2, 0) is 0 Å². The number of H-pyrrole nitrogens is 1. The summed E-state index contributed by atoms with van der Waals surface area (Å²) in [5, 5.41) is 0. The summed E-state index contributed by atoms with van der Waals surface area (Å²) in [5.41, 5.74) is 1.94. The van der Waals surface area contributed by atoms with E-state index in [2.05, 4.69) is 15.0 Å². The van der Waals surface area contributed by atoms with E-state index in [-0.39, 0.29) is 11.7 Å². The Hall–Kier alpha value is -1.84. The molecule has 0 spiro atoms. The molecule has 0 saturated carbocycles. The molecule has 90 valence electrons. The summed E-state index contributed by atoms with van der Waals surface area (Å²) >= 11 is 0. The van der Waals surface area contributed by atoms with Crippen molar-refractivity contribution in [3.05, 3.63) is 35.8 Å². The summed E-state index contributed by atoms with van der Waals surface area (Å²) in [6.45, 7) is 7.90. The maximum Gasteiger partial charge on any atom is 0.223 e. The highest BCUT2D eigenvalue weighted by atomic mass is 16.3. The van der Waals surface area contributed by atoms with Gasteiger partial charge < -0.3 is 9.40 Å². The van der Waals surface area contributed by atoms with E-state index in [1.165, 1.54) is 0 Å². The predicted molar refractivity (Wildman–Crippen MR) is 66.3 cm³/mol. The van der Waals surface area contributed by atoms with Crippen LogP contribution in [-0.4, -0.2) is 15.5 Å². The number of aryl methyl sites for hydroxylation is 1. The van der Waals surface area contributed by atoms with E-state index in [1.54, 1.807) is 12.3 Å². The number of nitrogens with one attached hydrogen (secondary N) is 1. The molecule has 0 fully saturated rings. The first kappa shape index (κ1) is 10.3. The third kappa shape index (κ3) is 2.84. The van der Waals surface area contributed by atoms with Gasteiger partial charge in [0.25, 0.3) is 0 Å². The Bertz CT molecular complexity index is 620. The molecule has 2 rings (SSSR count). The van der Waals surface area contributed by atoms with Crippen LogP contribution in [0, 0.1) is 6.92 Å². The van der Waals surface area contributed by atoms with Crippen LogP contribution in [0.4, 0.5) is 0 Å². The Morgan fingerprint density at radius 3 is 2.76 bits per heavy atom. The molecule has 0 radical (unpaired) electrons. The van der Waals surface area contributed by atoms with Gasteiger partial charge in [0.2, 0.25) is 5.62 Å². The molecule has 17 heavy (non-hydrogen) atoms. The summed E-state index contributed by atoms with van der Waals surface area (Å²) in [6, 6.07) is 3.52. The number of aromatic amines is 1. The molecule has 0 unspecified atom stereocenters. The first-order valence-corrected chi connectivity index (χ1v) is 5.53. The number of furan rings is 1. The molecule has 0 bridgehead atoms. The third-order valence-electron chi connectivity index (χ3n) is 2.17. The van der Waals surface area contributed by atoms with E-state index >= 15 is 0 Å². The minimum absolute atomic E-state index is 0.169. The maximum atomic E-state index is 7.72. The molecule has 4 nitrogen and oxygen atoms in total. The lowest BCUT2D eigenvalue weighted by molar-refractivity contribution is 0.552. The number of hydrogen-bond donors (Lipinski definition) is 1. The van der Waals surface area contributed by atoms with Gasteiger partial charge >= 0.3 is 0 Å². The monoisotopic (exact) mass is 232 g/mol. The molecule has 0 aromatic carbocycles. The smallest absolute Gasteiger partial charge is 0.223 e. The summed E-state index contributed by atoms with van der Waals surface area (Å²) in [5.74, 6) is 0.719. The molecule has 2 aromatic rings. The van der Waals surface area contributed by atoms with E-state index in [0.717, 1.165) is 17.0 Å². The van der Waals surface area contributed by atoms with Crippen LogP contribution in [0.5, 0.6) is 0 Å². The van der Waals surface area contributed by atoms with Gasteiger partial charge in [-0.15, -0.1) is 0 Å². The van der Waals surface area contributed by atoms with Gasteiger partial charge in [-0.3, -0.25) is 0 Å². The number of aromatic nitrogens is 2. The van der Waals surface area contributed by atoms with Gasteiger partial charge in [-0.2, -0.15) is 0 Å². The molecule has 2 heterocycles. The standard InChI is InChI=1S/C13H17N3O/c1-9-6-8-17-11(9)10-5-7-14-12(15-10)16-13(2,3)4/h5-8H,1-4H3,(H,14,15,16)/i7D. The fourth-order valence-corrected chi connectivity index (χ4v) is 1.48. The van der Waals surface area contributed by atoms with Crippen molar-refractivity contribution in [2.75, 3.05) is 0 Å². The van der Waals surface area contributed by atoms with E-state index in [0.29, 0.717) is 5.62 Å². The van der Waals surface area contributed by atoms with E-state index in [4.69, 9.17) is 5.79 Å². The summed E-state index contributed by atoms with van der Waals surface area (Å²) in [6.07, 6.45) is 1.80. The zero-order valence-electron chi connectivity index (χ0n) is 11.5. The molecule has 2 aromatic heterocycles. The van der Waals surface area contributed by atoms with Crippen molar-refractivity contribution in [3.8, 4) is 11.5 Å². The highest BCUT2D eigenvalue weighted by Crippen LogP contribution is 2.20. The van der Waals surface area contributed by atoms with Crippen LogP contribution in [0.1, 0.15) is 27.7 Å². The molecule has 0 aliphatic rings. The van der Waals surface area contributed by atoms with E-state index < -0.39 is 0 Å². The number of hydrogen-bond acceptors (Lipinski definition) is 3. The lowest BCUT2D eigenvalue weighted by atomic mass is 10.1. The van der Waals surface area contributed by atoms with Gasteiger partial charge in [0.1, 0.15) is 0 Å². The minimum Gasteiger partial charge on any atom is -0.463 e. The summed E-state index contributed by atoms with van der Waals surface area (Å²) in [4.78, 5) is 11.6. The number of rotatable bonds is 1. The molecular weight excluding hydrogens is 214 g/mol. The average Bonchev–Trinajstić information content (AvgIpc) is 2.60. The Morgan fingerprint density at radius 1 is 1.41 bits per heavy atom. The Labute approximate surface area is 102 Å². The second-order valence-electron chi connectivity index (χ2n) is 4.96. The van der Waals surface area contributed by atoms with Gasteiger partial charge in [0.05, 0.1) is 18.9 Å². The van der Waals surface area contributed by atoms with Crippen molar-refractivity contribution in [2.45, 2.75) is 33.2 Å². The second-order valence-corrected chi connectivity index (χ2v) is 4.96. The highest BCUT2D eigenvalue weighted by Gasteiger charge is 2.08. The lowest BCUT2D eigenvalue weighted by Gasteiger charge is -2.10. The van der Waals surface area contributed by atoms with Crippen LogP contribution in [0.15, 0.2) is 34.0 Å². The molecule has 0 aliphatic carbocycles. The highest BCUT2D eigenvalue weighted by molar-refractivity contribution is 5.55. The van der Waals surface area contributed by atoms with Crippen LogP contribution in [0.2, 0.25) is 0 Å². The van der Waals surface area contributed by atoms with Crippen molar-refractivity contribution in [2.24, 2.45) is 4.99 Å². The number of nitrogens with zero attached hydrogens (tertiary/aromatic N) is 2. The Morgan fingerprint density at radius 2 is 2.18 bits per heavy atom. The van der Waals surface area contributed by atoms with Crippen molar-refractivity contribution in [1.29, 1.82) is 0 Å². The van der Waals surface area contributed by atoms with Gasteiger partial charge in [-0.25, -0.2) is 9.98 Å². The van der Waals surface area contributed by atoms with E-state index in [1.807, 2.05) is 33.8 Å². The molecule has 0 amide bonds. The zero-order chi connectivity index (χ0) is 13.3. The fraction of sp³-hybridized carbons (Fsp3) is 0.385. The summed E-state index contributed by atoms with van der Waals surface area (Å²) in [7, 11) is 0. The minimum atomic E-state index is -0.243. The van der Waals surface area contributed by atoms with Crippen LogP contribution in [0.25, 0.3) is 11.5 Å². The first-order valence-electron chi connectivity index (χ1n) is 6.03. The Kier molecular flexibility index (Phi) is 2.55. The van der Waals surface area contributed by atoms with Gasteiger partial charge in [0.15, 0.2) is 5.76 Å². The SMILES string of the molecule is [2H]c1cc(-c2occc2C)[nH]c(=NC(C)(C)C)n1. The largest absolute Gasteiger partial charge is 0.463 e. The normalized spacial score (nSPS) is 13.9. The van der Waals surface area contributed by atoms with E-state index in [9.17, 15) is 0 Å². The fourth-order valence-electron chi connectivity index (χ4n) is 1.48. The topological polar surface area (TPSA) is 54.2 Å². The quantitative estimate of drug-likeness (QED) is 0.821. The van der Waals surface area contributed by atoms with Crippen molar-refractivity contribution in [3.63, 3.8) is 0 Å². The van der Waals surface area contributed by atoms with Crippen LogP contribution < -0.4 is 5.62 Å². The van der Waals surface area contributed by atoms with Gasteiger partial charge in [0, 0.05) is 6.17 Å². The maximum absolute atomic E-state index is 7.72. The molecule has 0 saturated heterocycles. The third-order valence-corrected chi connectivity index (χ3v) is 2.17. The van der Waals surface area contributed by atoms with Crippen LogP contribution in [0.3, 0.4) is 0 Å². The molecular formula is C13H17N3O. The van der Waals surface area contributed by atoms with Gasteiger partial charge in [-0.05, 0) is 45.4 Å². The van der Waals surface area contributed by atoms with Crippen molar-refractivity contribution < 1.29 is 5.79 Å². The average molecular weight is 232 g/mol. The van der Waals surface area contributed by atoms with Crippen LogP contribution >= 0.6 is 0 Å². The Balaban J connectivity index is 2.59. The molecule has 0 aliphatic heterocycles. The van der Waals surface area contributed by atoms with Gasteiger partial charge in [-0.1, -0.05) is 0 Å². The van der Waals surface area contributed by atoms with Crippen molar-refractivity contribution >= 4 is 0 Å². The summed E-state index contributed by atoms with van der Waals surface area (Å²) < 4.78 is 13.1. The van der Waals surface area contributed by atoms with Crippen molar-refractivity contribution in [1.82, 2.24) is 9.97 Å². The second kappa shape index (κ2) is 4.20. The lowest BCUT2D eigenvalue weighted by Crippen LogP contribution is -2.21. The molecule has 4 heteroatoms. The molecule has 0 atom stereocenters. The predicted octanol–water partition coefficient (Wildman–Crippen LogP) is 2.68. The first-order chi connectivity index (χ1) is 8.35. The zero-order valence-corrected chi connectivity index (χ0v) is 10.5.